The fourth-order valence-corrected chi connectivity index (χ4v) is 5.75. The first-order valence-electron chi connectivity index (χ1n) is 12.8. The number of carbonyl (C=O) groups excluding carboxylic acids is 1. The van der Waals surface area contributed by atoms with Gasteiger partial charge in [0.2, 0.25) is 5.91 Å². The summed E-state index contributed by atoms with van der Waals surface area (Å²) in [5.74, 6) is 1.31. The van der Waals surface area contributed by atoms with Crippen molar-refractivity contribution in [3.63, 3.8) is 0 Å². The molecular weight excluding hydrogens is 549 g/mol. The van der Waals surface area contributed by atoms with Gasteiger partial charge in [0.1, 0.15) is 0 Å². The first-order valence-corrected chi connectivity index (χ1v) is 13.8. The van der Waals surface area contributed by atoms with Crippen LogP contribution in [0.5, 0.6) is 0 Å². The molecule has 1 fully saturated rings. The van der Waals surface area contributed by atoms with Crippen molar-refractivity contribution in [2.45, 2.75) is 70.8 Å². The van der Waals surface area contributed by atoms with Crippen molar-refractivity contribution in [3.05, 3.63) is 74.1 Å². The van der Waals surface area contributed by atoms with Crippen LogP contribution < -0.4 is 5.32 Å². The zero-order chi connectivity index (χ0) is 24.2. The maximum atomic E-state index is 13.0. The number of rotatable bonds is 7. The molecule has 2 aliphatic carbocycles. The van der Waals surface area contributed by atoms with Crippen molar-refractivity contribution in [3.8, 4) is 11.3 Å². The van der Waals surface area contributed by atoms with Crippen LogP contribution in [-0.4, -0.2) is 21.0 Å². The lowest BCUT2D eigenvalue weighted by Gasteiger charge is -2.23. The second-order valence-corrected chi connectivity index (χ2v) is 11.1. The molecule has 0 unspecified atom stereocenters. The zero-order valence-electron chi connectivity index (χ0n) is 20.0. The highest BCUT2D eigenvalue weighted by molar-refractivity contribution is 14.1. The number of hydrogen-bond donors (Lipinski definition) is 2. The van der Waals surface area contributed by atoms with Gasteiger partial charge >= 0.3 is 0 Å². The summed E-state index contributed by atoms with van der Waals surface area (Å²) in [5, 5.41) is 12.6. The van der Waals surface area contributed by atoms with E-state index in [1.807, 2.05) is 30.3 Å². The SMILES string of the molecule is O=C(Cc1ccc(I)cc1)Nc1nc2c(nc1CCC1CCCCC1)-c1ccc(CO)cc1CC2. The third kappa shape index (κ3) is 5.92. The molecule has 182 valence electrons. The van der Waals surface area contributed by atoms with E-state index in [9.17, 15) is 9.90 Å². The highest BCUT2D eigenvalue weighted by Gasteiger charge is 2.23. The lowest BCUT2D eigenvalue weighted by Crippen LogP contribution is -2.20. The van der Waals surface area contributed by atoms with E-state index in [1.165, 1.54) is 37.7 Å². The Bertz CT molecular complexity index is 1200. The molecule has 1 heterocycles. The minimum Gasteiger partial charge on any atom is -0.392 e. The van der Waals surface area contributed by atoms with E-state index in [1.54, 1.807) is 0 Å². The minimum atomic E-state index is -0.0526. The van der Waals surface area contributed by atoms with Crippen LogP contribution in [0.4, 0.5) is 5.82 Å². The van der Waals surface area contributed by atoms with Crippen LogP contribution in [0.25, 0.3) is 11.3 Å². The van der Waals surface area contributed by atoms with Gasteiger partial charge in [0.25, 0.3) is 0 Å². The van der Waals surface area contributed by atoms with Crippen LogP contribution in [0.15, 0.2) is 42.5 Å². The van der Waals surface area contributed by atoms with E-state index in [0.29, 0.717) is 12.2 Å². The molecule has 1 amide bonds. The molecule has 2 N–H and O–H groups in total. The molecule has 6 heteroatoms. The first-order chi connectivity index (χ1) is 17.1. The lowest BCUT2D eigenvalue weighted by atomic mass is 9.85. The normalized spacial score (nSPS) is 15.4. The van der Waals surface area contributed by atoms with Crippen molar-refractivity contribution >= 4 is 34.3 Å². The summed E-state index contributed by atoms with van der Waals surface area (Å²) >= 11 is 2.27. The molecule has 35 heavy (non-hydrogen) atoms. The molecule has 1 aromatic heterocycles. The summed E-state index contributed by atoms with van der Waals surface area (Å²) in [5.41, 5.74) is 7.01. The Hall–Kier alpha value is -2.32. The van der Waals surface area contributed by atoms with Crippen molar-refractivity contribution in [1.82, 2.24) is 9.97 Å². The van der Waals surface area contributed by atoms with E-state index in [0.717, 1.165) is 68.9 Å². The summed E-state index contributed by atoms with van der Waals surface area (Å²) in [6.45, 7) is 0.0456. The van der Waals surface area contributed by atoms with Crippen LogP contribution in [0.3, 0.4) is 0 Å². The van der Waals surface area contributed by atoms with Crippen LogP contribution in [0, 0.1) is 9.49 Å². The van der Waals surface area contributed by atoms with Crippen LogP contribution in [0.1, 0.15) is 66.6 Å². The van der Waals surface area contributed by atoms with Gasteiger partial charge in [-0.1, -0.05) is 62.4 Å². The fraction of sp³-hybridized carbons (Fsp3) is 0.414. The number of nitrogens with zero attached hydrogens (tertiary/aromatic N) is 2. The molecule has 0 radical (unpaired) electrons. The van der Waals surface area contributed by atoms with E-state index >= 15 is 0 Å². The largest absolute Gasteiger partial charge is 0.392 e. The van der Waals surface area contributed by atoms with Crippen LogP contribution >= 0.6 is 22.6 Å². The summed E-state index contributed by atoms with van der Waals surface area (Å²) in [6, 6.07) is 14.2. The number of nitrogens with one attached hydrogen (secondary N) is 1. The quantitative estimate of drug-likeness (QED) is 0.334. The van der Waals surface area contributed by atoms with Gasteiger partial charge in [-0.05, 0) is 83.0 Å². The highest BCUT2D eigenvalue weighted by Crippen LogP contribution is 2.35. The molecule has 2 aromatic carbocycles. The average molecular weight is 581 g/mol. The number of amides is 1. The second-order valence-electron chi connectivity index (χ2n) is 9.86. The van der Waals surface area contributed by atoms with Gasteiger partial charge in [0, 0.05) is 9.13 Å². The summed E-state index contributed by atoms with van der Waals surface area (Å²) in [4.78, 5) is 23.1. The standard InChI is InChI=1S/C29H32IN3O2/c30-23-11-6-20(7-12-23)17-27(35)33-29-26(14-9-19-4-2-1-3-5-19)31-28-24-13-8-21(18-34)16-22(24)10-15-25(28)32-29/h6-8,11-13,16,19,34H,1-5,9-10,14-15,17-18H2,(H,32,33,35). The molecule has 5 rings (SSSR count). The van der Waals surface area contributed by atoms with Crippen molar-refractivity contribution in [1.29, 1.82) is 0 Å². The number of carbonyl (C=O) groups is 1. The van der Waals surface area contributed by atoms with Crippen molar-refractivity contribution < 1.29 is 9.90 Å². The Kier molecular flexibility index (Phi) is 7.78. The van der Waals surface area contributed by atoms with Gasteiger partial charge in [-0.2, -0.15) is 0 Å². The van der Waals surface area contributed by atoms with E-state index in [-0.39, 0.29) is 12.5 Å². The number of aryl methyl sites for hydroxylation is 3. The molecule has 0 saturated heterocycles. The van der Waals surface area contributed by atoms with Crippen molar-refractivity contribution in [2.24, 2.45) is 5.92 Å². The molecule has 0 aliphatic heterocycles. The molecule has 2 aliphatic rings. The second kappa shape index (κ2) is 11.2. The lowest BCUT2D eigenvalue weighted by molar-refractivity contribution is -0.115. The monoisotopic (exact) mass is 581 g/mol. The van der Waals surface area contributed by atoms with E-state index < -0.39 is 0 Å². The summed E-state index contributed by atoms with van der Waals surface area (Å²) < 4.78 is 1.16. The Balaban J connectivity index is 1.42. The molecule has 5 nitrogen and oxygen atoms in total. The van der Waals surface area contributed by atoms with Crippen LogP contribution in [-0.2, 0) is 37.1 Å². The van der Waals surface area contributed by atoms with Gasteiger partial charge in [-0.15, -0.1) is 0 Å². The number of halogens is 1. The molecular formula is C29H32IN3O2. The van der Waals surface area contributed by atoms with Gasteiger partial charge < -0.3 is 10.4 Å². The topological polar surface area (TPSA) is 75.1 Å². The van der Waals surface area contributed by atoms with Gasteiger partial charge in [-0.25, -0.2) is 9.97 Å². The number of aliphatic hydroxyl groups excluding tert-OH is 1. The predicted octanol–water partition coefficient (Wildman–Crippen LogP) is 6.03. The Morgan fingerprint density at radius 2 is 1.77 bits per heavy atom. The molecule has 1 saturated carbocycles. The van der Waals surface area contributed by atoms with Crippen LogP contribution in [0.2, 0.25) is 0 Å². The predicted molar refractivity (Wildman–Crippen MR) is 147 cm³/mol. The number of hydrogen-bond acceptors (Lipinski definition) is 4. The van der Waals surface area contributed by atoms with Gasteiger partial charge in [0.05, 0.1) is 30.1 Å². The molecule has 0 atom stereocenters. The number of fused-ring (bicyclic) bond motifs is 3. The van der Waals surface area contributed by atoms with Gasteiger partial charge in [-0.3, -0.25) is 4.79 Å². The van der Waals surface area contributed by atoms with E-state index in [2.05, 4.69) is 40.0 Å². The van der Waals surface area contributed by atoms with Crippen molar-refractivity contribution in [2.75, 3.05) is 5.32 Å². The summed E-state index contributed by atoms with van der Waals surface area (Å²) in [7, 11) is 0. The van der Waals surface area contributed by atoms with E-state index in [4.69, 9.17) is 9.97 Å². The maximum absolute atomic E-state index is 13.0. The minimum absolute atomic E-state index is 0.0456. The smallest absolute Gasteiger partial charge is 0.229 e. The highest BCUT2D eigenvalue weighted by atomic mass is 127. The Labute approximate surface area is 220 Å². The number of benzene rings is 2. The summed E-state index contributed by atoms with van der Waals surface area (Å²) in [6.07, 6.45) is 10.5. The van der Waals surface area contributed by atoms with Gasteiger partial charge in [0.15, 0.2) is 5.82 Å². The molecule has 0 spiro atoms. The number of aromatic nitrogens is 2. The third-order valence-electron chi connectivity index (χ3n) is 7.33. The first kappa shape index (κ1) is 24.4. The zero-order valence-corrected chi connectivity index (χ0v) is 22.2. The molecule has 3 aromatic rings. The number of anilines is 1. The molecule has 0 bridgehead atoms. The maximum Gasteiger partial charge on any atom is 0.229 e. The average Bonchev–Trinajstić information content (AvgIpc) is 2.89. The third-order valence-corrected chi connectivity index (χ3v) is 8.05. The Morgan fingerprint density at radius 1 is 1.00 bits per heavy atom. The number of aliphatic hydroxyl groups is 1. The Morgan fingerprint density at radius 3 is 2.54 bits per heavy atom. The fourth-order valence-electron chi connectivity index (χ4n) is 5.39.